The first kappa shape index (κ1) is 12.0. The standard InChI is InChI=1S/C9H9N5OS/c1-2-16-7-5(3-10)8(12)14(13)9(15)6(7)4-11/h2,12-13H2,1H3. The molecule has 0 aliphatic rings. The zero-order chi connectivity index (χ0) is 12.3. The second-order valence-corrected chi connectivity index (χ2v) is 4.07. The van der Waals surface area contributed by atoms with Crippen LogP contribution in [-0.4, -0.2) is 10.4 Å². The molecule has 82 valence electrons. The Morgan fingerprint density at radius 1 is 1.38 bits per heavy atom. The molecule has 16 heavy (non-hydrogen) atoms. The van der Waals surface area contributed by atoms with E-state index in [0.717, 1.165) is 0 Å². The number of nitrogens with zero attached hydrogens (tertiary/aromatic N) is 3. The molecule has 0 atom stereocenters. The van der Waals surface area contributed by atoms with Crippen molar-refractivity contribution in [2.75, 3.05) is 17.3 Å². The molecular formula is C9H9N5OS. The molecule has 6 nitrogen and oxygen atoms in total. The number of aromatic nitrogens is 1. The molecule has 0 bridgehead atoms. The van der Waals surface area contributed by atoms with Gasteiger partial charge in [-0.05, 0) is 5.75 Å². The lowest BCUT2D eigenvalue weighted by Crippen LogP contribution is -2.33. The highest BCUT2D eigenvalue weighted by atomic mass is 32.2. The van der Waals surface area contributed by atoms with Gasteiger partial charge in [-0.3, -0.25) is 4.79 Å². The van der Waals surface area contributed by atoms with Crippen molar-refractivity contribution in [2.24, 2.45) is 0 Å². The molecule has 0 saturated carbocycles. The topological polar surface area (TPSA) is 122 Å². The zero-order valence-corrected chi connectivity index (χ0v) is 9.34. The van der Waals surface area contributed by atoms with E-state index < -0.39 is 5.56 Å². The van der Waals surface area contributed by atoms with Gasteiger partial charge in [-0.2, -0.15) is 10.5 Å². The molecule has 0 unspecified atom stereocenters. The largest absolute Gasteiger partial charge is 0.382 e. The number of hydrogen-bond acceptors (Lipinski definition) is 6. The fourth-order valence-corrected chi connectivity index (χ4v) is 2.04. The third kappa shape index (κ3) is 1.69. The molecule has 0 aliphatic carbocycles. The van der Waals surface area contributed by atoms with Gasteiger partial charge in [0, 0.05) is 0 Å². The summed E-state index contributed by atoms with van der Waals surface area (Å²) in [7, 11) is 0. The number of nitriles is 2. The molecule has 0 saturated heterocycles. The number of anilines is 1. The zero-order valence-electron chi connectivity index (χ0n) is 8.52. The van der Waals surface area contributed by atoms with Crippen LogP contribution in [0.2, 0.25) is 0 Å². The van der Waals surface area contributed by atoms with Crippen molar-refractivity contribution in [1.82, 2.24) is 4.68 Å². The maximum Gasteiger partial charge on any atom is 0.289 e. The molecule has 0 amide bonds. The summed E-state index contributed by atoms with van der Waals surface area (Å²) in [6, 6.07) is 3.61. The van der Waals surface area contributed by atoms with Gasteiger partial charge in [0.25, 0.3) is 5.56 Å². The molecule has 0 aliphatic heterocycles. The lowest BCUT2D eigenvalue weighted by Gasteiger charge is -2.10. The van der Waals surface area contributed by atoms with E-state index in [2.05, 4.69) is 0 Å². The summed E-state index contributed by atoms with van der Waals surface area (Å²) in [6.45, 7) is 1.84. The molecule has 1 aromatic heterocycles. The fraction of sp³-hybridized carbons (Fsp3) is 0.222. The van der Waals surface area contributed by atoms with E-state index in [1.807, 2.05) is 13.0 Å². The summed E-state index contributed by atoms with van der Waals surface area (Å²) < 4.78 is 0.622. The Labute approximate surface area is 96.0 Å². The van der Waals surface area contributed by atoms with Gasteiger partial charge in [-0.1, -0.05) is 6.92 Å². The molecule has 1 rings (SSSR count). The summed E-state index contributed by atoms with van der Waals surface area (Å²) >= 11 is 1.22. The minimum atomic E-state index is -0.685. The van der Waals surface area contributed by atoms with E-state index in [4.69, 9.17) is 22.1 Å². The van der Waals surface area contributed by atoms with Crippen LogP contribution in [0.3, 0.4) is 0 Å². The Morgan fingerprint density at radius 2 is 1.94 bits per heavy atom. The molecule has 0 spiro atoms. The van der Waals surface area contributed by atoms with Gasteiger partial charge in [-0.15, -0.1) is 11.8 Å². The molecule has 0 fully saturated rings. The third-order valence-electron chi connectivity index (χ3n) is 1.91. The Morgan fingerprint density at radius 3 is 2.38 bits per heavy atom. The van der Waals surface area contributed by atoms with Crippen molar-refractivity contribution >= 4 is 17.6 Å². The summed E-state index contributed by atoms with van der Waals surface area (Å²) in [5.41, 5.74) is 4.79. The molecule has 0 aromatic carbocycles. The number of nitrogens with two attached hydrogens (primary N) is 2. The maximum atomic E-state index is 11.6. The smallest absolute Gasteiger partial charge is 0.289 e. The van der Waals surface area contributed by atoms with E-state index in [1.165, 1.54) is 11.8 Å². The van der Waals surface area contributed by atoms with Gasteiger partial charge in [0.05, 0.1) is 4.90 Å². The number of rotatable bonds is 2. The first-order valence-electron chi connectivity index (χ1n) is 4.35. The van der Waals surface area contributed by atoms with Crippen molar-refractivity contribution < 1.29 is 0 Å². The lowest BCUT2D eigenvalue weighted by atomic mass is 10.2. The average molecular weight is 235 g/mol. The summed E-state index contributed by atoms with van der Waals surface area (Å²) in [5, 5.41) is 17.8. The normalized spacial score (nSPS) is 9.44. The van der Waals surface area contributed by atoms with E-state index in [0.29, 0.717) is 15.3 Å². The van der Waals surface area contributed by atoms with Crippen LogP contribution >= 0.6 is 11.8 Å². The van der Waals surface area contributed by atoms with Crippen LogP contribution < -0.4 is 17.1 Å². The average Bonchev–Trinajstić information content (AvgIpc) is 2.28. The first-order valence-corrected chi connectivity index (χ1v) is 5.33. The van der Waals surface area contributed by atoms with Crippen LogP contribution in [0.1, 0.15) is 18.1 Å². The van der Waals surface area contributed by atoms with Crippen molar-refractivity contribution in [3.63, 3.8) is 0 Å². The maximum absolute atomic E-state index is 11.6. The molecule has 1 aromatic rings. The van der Waals surface area contributed by atoms with Crippen LogP contribution in [0.15, 0.2) is 9.69 Å². The highest BCUT2D eigenvalue weighted by Crippen LogP contribution is 2.27. The molecular weight excluding hydrogens is 226 g/mol. The minimum absolute atomic E-state index is 0.0745. The first-order chi connectivity index (χ1) is 7.58. The highest BCUT2D eigenvalue weighted by molar-refractivity contribution is 7.99. The van der Waals surface area contributed by atoms with Crippen LogP contribution in [0.5, 0.6) is 0 Å². The van der Waals surface area contributed by atoms with E-state index in [9.17, 15) is 4.79 Å². The number of thioether (sulfide) groups is 1. The van der Waals surface area contributed by atoms with E-state index in [1.54, 1.807) is 6.07 Å². The number of nitrogen functional groups attached to an aromatic ring is 2. The van der Waals surface area contributed by atoms with Crippen molar-refractivity contribution in [2.45, 2.75) is 11.8 Å². The van der Waals surface area contributed by atoms with Gasteiger partial charge in [0.1, 0.15) is 29.1 Å². The molecule has 4 N–H and O–H groups in total. The quantitative estimate of drug-likeness (QED) is 0.549. The monoisotopic (exact) mass is 235 g/mol. The van der Waals surface area contributed by atoms with E-state index >= 15 is 0 Å². The third-order valence-corrected chi connectivity index (χ3v) is 2.90. The summed E-state index contributed by atoms with van der Waals surface area (Å²) in [4.78, 5) is 11.9. The lowest BCUT2D eigenvalue weighted by molar-refractivity contribution is 0.922. The Balaban J connectivity index is 3.77. The SMILES string of the molecule is CCSc1c(C#N)c(N)n(N)c(=O)c1C#N. The van der Waals surface area contributed by atoms with Gasteiger partial charge < -0.3 is 11.6 Å². The van der Waals surface area contributed by atoms with Gasteiger partial charge in [0.15, 0.2) is 0 Å². The van der Waals surface area contributed by atoms with Crippen molar-refractivity contribution in [3.05, 3.63) is 21.5 Å². The predicted molar refractivity (Wildman–Crippen MR) is 61.1 cm³/mol. The van der Waals surface area contributed by atoms with Crippen molar-refractivity contribution in [1.29, 1.82) is 10.5 Å². The van der Waals surface area contributed by atoms with Crippen LogP contribution in [-0.2, 0) is 0 Å². The number of hydrogen-bond donors (Lipinski definition) is 2. The van der Waals surface area contributed by atoms with Gasteiger partial charge in [-0.25, -0.2) is 4.68 Å². The Bertz CT molecular complexity index is 563. The predicted octanol–water partition coefficient (Wildman–Crippen LogP) is -0.000340. The second-order valence-electron chi connectivity index (χ2n) is 2.80. The van der Waals surface area contributed by atoms with E-state index in [-0.39, 0.29) is 16.9 Å². The highest BCUT2D eigenvalue weighted by Gasteiger charge is 2.19. The minimum Gasteiger partial charge on any atom is -0.382 e. The molecule has 0 radical (unpaired) electrons. The second kappa shape index (κ2) is 4.60. The summed E-state index contributed by atoms with van der Waals surface area (Å²) in [5.74, 6) is 5.87. The van der Waals surface area contributed by atoms with Gasteiger partial charge >= 0.3 is 0 Å². The van der Waals surface area contributed by atoms with Crippen LogP contribution in [0, 0.1) is 22.7 Å². The fourth-order valence-electron chi connectivity index (χ4n) is 1.18. The van der Waals surface area contributed by atoms with Gasteiger partial charge in [0.2, 0.25) is 0 Å². The molecule has 7 heteroatoms. The van der Waals surface area contributed by atoms with Crippen LogP contribution in [0.4, 0.5) is 5.82 Å². The van der Waals surface area contributed by atoms with Crippen LogP contribution in [0.25, 0.3) is 0 Å². The Kier molecular flexibility index (Phi) is 3.44. The number of pyridine rings is 1. The Hall–Kier alpha value is -2.12. The summed E-state index contributed by atoms with van der Waals surface area (Å²) in [6.07, 6.45) is 0. The van der Waals surface area contributed by atoms with Crippen molar-refractivity contribution in [3.8, 4) is 12.1 Å². The molecule has 1 heterocycles.